The third kappa shape index (κ3) is 2.85. The number of rotatable bonds is 5. The number of halogens is 2. The van der Waals surface area contributed by atoms with Crippen LogP contribution in [0.2, 0.25) is 0 Å². The van der Waals surface area contributed by atoms with E-state index >= 15 is 0 Å². The van der Waals surface area contributed by atoms with Gasteiger partial charge in [-0.1, -0.05) is 25.0 Å². The predicted octanol–water partition coefficient (Wildman–Crippen LogP) is 3.23. The highest BCUT2D eigenvalue weighted by atomic mass is 19.3. The monoisotopic (exact) mass is 270 g/mol. The molecule has 1 fully saturated rings. The minimum atomic E-state index is -2.51. The maximum atomic E-state index is 12.0. The Morgan fingerprint density at radius 1 is 1.26 bits per heavy atom. The van der Waals surface area contributed by atoms with Crippen LogP contribution in [0.15, 0.2) is 24.3 Å². The van der Waals surface area contributed by atoms with E-state index in [0.29, 0.717) is 18.6 Å². The zero-order valence-corrected chi connectivity index (χ0v) is 10.4. The first-order valence-corrected chi connectivity index (χ1v) is 6.29. The first-order chi connectivity index (χ1) is 9.04. The highest BCUT2D eigenvalue weighted by Gasteiger charge is 2.42. The largest absolute Gasteiger partial charge is 0.488 e. The Kier molecular flexibility index (Phi) is 4.02. The average molecular weight is 270 g/mol. The predicted molar refractivity (Wildman–Crippen MR) is 65.7 cm³/mol. The molecule has 0 bridgehead atoms. The van der Waals surface area contributed by atoms with E-state index in [0.717, 1.165) is 18.4 Å². The van der Waals surface area contributed by atoms with Crippen molar-refractivity contribution in [1.82, 2.24) is 0 Å². The molecule has 1 aromatic rings. The van der Waals surface area contributed by atoms with Crippen molar-refractivity contribution in [2.75, 3.05) is 6.61 Å². The van der Waals surface area contributed by atoms with Crippen molar-refractivity contribution in [3.8, 4) is 5.75 Å². The number of ether oxygens (including phenoxy) is 1. The zero-order chi connectivity index (χ0) is 13.9. The first-order valence-electron chi connectivity index (χ1n) is 6.29. The van der Waals surface area contributed by atoms with Gasteiger partial charge in [-0.25, -0.2) is 8.78 Å². The van der Waals surface area contributed by atoms with E-state index < -0.39 is 24.4 Å². The molecule has 0 aliphatic heterocycles. The molecule has 1 saturated carbocycles. The number of aliphatic carboxylic acids is 1. The molecule has 0 heterocycles. The average Bonchev–Trinajstić information content (AvgIpc) is 2.87. The van der Waals surface area contributed by atoms with Crippen LogP contribution in [0.4, 0.5) is 8.78 Å². The molecule has 0 saturated heterocycles. The minimum absolute atomic E-state index is 0.336. The van der Waals surface area contributed by atoms with Gasteiger partial charge in [0.15, 0.2) is 0 Å². The van der Waals surface area contributed by atoms with Gasteiger partial charge in [-0.2, -0.15) is 0 Å². The fraction of sp³-hybridized carbons (Fsp3) is 0.500. The van der Waals surface area contributed by atoms with E-state index in [2.05, 4.69) is 0 Å². The van der Waals surface area contributed by atoms with Gasteiger partial charge < -0.3 is 9.84 Å². The first kappa shape index (κ1) is 13.8. The molecule has 104 valence electrons. The standard InChI is InChI=1S/C14H16F2O3/c15-12(16)9-19-11-5-3-10(4-6-11)14(13(17)18)7-1-2-8-14/h3-6,12H,1-2,7-9H2,(H,17,18). The Labute approximate surface area is 110 Å². The lowest BCUT2D eigenvalue weighted by molar-refractivity contribution is -0.143. The molecule has 0 unspecified atom stereocenters. The van der Waals surface area contributed by atoms with Crippen molar-refractivity contribution in [2.45, 2.75) is 37.5 Å². The van der Waals surface area contributed by atoms with Crippen molar-refractivity contribution in [3.05, 3.63) is 29.8 Å². The van der Waals surface area contributed by atoms with E-state index in [-0.39, 0.29) is 0 Å². The van der Waals surface area contributed by atoms with Crippen LogP contribution >= 0.6 is 0 Å². The Bertz CT molecular complexity index is 437. The smallest absolute Gasteiger partial charge is 0.314 e. The molecule has 5 heteroatoms. The van der Waals surface area contributed by atoms with Gasteiger partial charge in [-0.05, 0) is 30.5 Å². The van der Waals surface area contributed by atoms with Crippen molar-refractivity contribution in [2.24, 2.45) is 0 Å². The van der Waals surface area contributed by atoms with Gasteiger partial charge >= 0.3 is 5.97 Å². The number of carbonyl (C=O) groups is 1. The molecule has 0 spiro atoms. The molecule has 1 aromatic carbocycles. The molecule has 0 radical (unpaired) electrons. The van der Waals surface area contributed by atoms with E-state index in [1.807, 2.05) is 0 Å². The number of benzene rings is 1. The van der Waals surface area contributed by atoms with E-state index in [1.165, 1.54) is 0 Å². The van der Waals surface area contributed by atoms with Gasteiger partial charge in [-0.15, -0.1) is 0 Å². The van der Waals surface area contributed by atoms with Crippen LogP contribution in [0.25, 0.3) is 0 Å². The van der Waals surface area contributed by atoms with Crippen molar-refractivity contribution in [3.63, 3.8) is 0 Å². The highest BCUT2D eigenvalue weighted by Crippen LogP contribution is 2.41. The molecule has 1 aliphatic carbocycles. The van der Waals surface area contributed by atoms with Crippen LogP contribution in [0, 0.1) is 0 Å². The fourth-order valence-electron chi connectivity index (χ4n) is 2.63. The third-order valence-corrected chi connectivity index (χ3v) is 3.65. The summed E-state index contributed by atoms with van der Waals surface area (Å²) in [5.41, 5.74) is -0.0942. The quantitative estimate of drug-likeness (QED) is 0.893. The molecule has 3 nitrogen and oxygen atoms in total. The highest BCUT2D eigenvalue weighted by molar-refractivity contribution is 5.81. The summed E-state index contributed by atoms with van der Waals surface area (Å²) < 4.78 is 28.9. The Morgan fingerprint density at radius 3 is 2.32 bits per heavy atom. The summed E-state index contributed by atoms with van der Waals surface area (Å²) in [5.74, 6) is -0.478. The normalized spacial score (nSPS) is 17.6. The van der Waals surface area contributed by atoms with Crippen LogP contribution < -0.4 is 4.74 Å². The summed E-state index contributed by atoms with van der Waals surface area (Å²) in [6.45, 7) is -0.649. The van der Waals surface area contributed by atoms with Gasteiger partial charge in [0, 0.05) is 0 Å². The summed E-state index contributed by atoms with van der Waals surface area (Å²) in [6, 6.07) is 6.45. The number of alkyl halides is 2. The van der Waals surface area contributed by atoms with E-state index in [9.17, 15) is 18.7 Å². The molecule has 0 atom stereocenters. The lowest BCUT2D eigenvalue weighted by atomic mass is 9.79. The van der Waals surface area contributed by atoms with Gasteiger partial charge in [0.25, 0.3) is 6.43 Å². The van der Waals surface area contributed by atoms with Gasteiger partial charge in [-0.3, -0.25) is 4.79 Å². The maximum Gasteiger partial charge on any atom is 0.314 e. The van der Waals surface area contributed by atoms with Crippen molar-refractivity contribution >= 4 is 5.97 Å². The van der Waals surface area contributed by atoms with E-state index in [1.54, 1.807) is 24.3 Å². The molecule has 1 aliphatic rings. The fourth-order valence-corrected chi connectivity index (χ4v) is 2.63. The van der Waals surface area contributed by atoms with Crippen LogP contribution in [0.3, 0.4) is 0 Å². The lowest BCUT2D eigenvalue weighted by Gasteiger charge is -2.24. The second-order valence-electron chi connectivity index (χ2n) is 4.82. The molecular formula is C14H16F2O3. The summed E-state index contributed by atoms with van der Waals surface area (Å²) in [5, 5.41) is 9.43. The molecule has 2 rings (SSSR count). The second kappa shape index (κ2) is 5.55. The molecule has 0 aromatic heterocycles. The number of hydrogen-bond donors (Lipinski definition) is 1. The summed E-state index contributed by atoms with van der Waals surface area (Å²) in [6.07, 6.45) is 0.533. The number of carboxylic acids is 1. The topological polar surface area (TPSA) is 46.5 Å². The summed E-state index contributed by atoms with van der Waals surface area (Å²) >= 11 is 0. The second-order valence-corrected chi connectivity index (χ2v) is 4.82. The zero-order valence-electron chi connectivity index (χ0n) is 10.4. The van der Waals surface area contributed by atoms with E-state index in [4.69, 9.17) is 4.74 Å². The maximum absolute atomic E-state index is 12.0. The van der Waals surface area contributed by atoms with Gasteiger partial charge in [0.05, 0.1) is 5.41 Å². The van der Waals surface area contributed by atoms with Crippen LogP contribution in [-0.2, 0) is 10.2 Å². The lowest BCUT2D eigenvalue weighted by Crippen LogP contribution is -2.32. The summed E-state index contributed by atoms with van der Waals surface area (Å²) in [7, 11) is 0. The van der Waals surface area contributed by atoms with Crippen molar-refractivity contribution in [1.29, 1.82) is 0 Å². The Morgan fingerprint density at radius 2 is 1.84 bits per heavy atom. The Balaban J connectivity index is 2.15. The number of carboxylic acid groups (broad SMARTS) is 1. The molecule has 1 N–H and O–H groups in total. The van der Waals surface area contributed by atoms with Crippen molar-refractivity contribution < 1.29 is 23.4 Å². The van der Waals surface area contributed by atoms with Crippen LogP contribution in [0.5, 0.6) is 5.75 Å². The van der Waals surface area contributed by atoms with Crippen LogP contribution in [0.1, 0.15) is 31.2 Å². The van der Waals surface area contributed by atoms with Gasteiger partial charge in [0.1, 0.15) is 12.4 Å². The SMILES string of the molecule is O=C(O)C1(c2ccc(OCC(F)F)cc2)CCCC1. The molecular weight excluding hydrogens is 254 g/mol. The molecule has 19 heavy (non-hydrogen) atoms. The summed E-state index contributed by atoms with van der Waals surface area (Å²) in [4.78, 5) is 11.5. The Hall–Kier alpha value is -1.65. The van der Waals surface area contributed by atoms with Gasteiger partial charge in [0.2, 0.25) is 0 Å². The minimum Gasteiger partial charge on any atom is -0.488 e. The molecule has 0 amide bonds. The number of hydrogen-bond acceptors (Lipinski definition) is 2. The van der Waals surface area contributed by atoms with Crippen LogP contribution in [-0.4, -0.2) is 24.1 Å². The third-order valence-electron chi connectivity index (χ3n) is 3.65.